The van der Waals surface area contributed by atoms with Crippen molar-refractivity contribution in [3.63, 3.8) is 0 Å². The van der Waals surface area contributed by atoms with Crippen molar-refractivity contribution in [1.29, 1.82) is 0 Å². The summed E-state index contributed by atoms with van der Waals surface area (Å²) in [6.07, 6.45) is 18.4. The Balaban J connectivity index is 1.14. The lowest BCUT2D eigenvalue weighted by Gasteiger charge is -2.37. The standard InChI is InChI=1S/C34H51OSi/c1-3-4-5-25-36-26-22-34(23-27-36)33-20-14-30(15-21-33)9-8-29-12-18-32(19-13-29)31-16-10-28(11-17-31)7-6-24-35-2/h10-13,16-19,30,33-34H,3-9,14-15,20-27H2,1-2H3. The molecule has 1 aliphatic heterocycles. The van der Waals surface area contributed by atoms with Crippen LogP contribution >= 0.6 is 0 Å². The Labute approximate surface area is 224 Å². The molecule has 1 saturated heterocycles. The molecular formula is C34H51OSi. The second kappa shape index (κ2) is 15.1. The molecule has 0 N–H and O–H groups in total. The second-order valence-corrected chi connectivity index (χ2v) is 14.9. The lowest BCUT2D eigenvalue weighted by Crippen LogP contribution is -2.28. The molecule has 1 nitrogen and oxygen atoms in total. The highest BCUT2D eigenvalue weighted by atomic mass is 28.3. The lowest BCUT2D eigenvalue weighted by atomic mass is 9.73. The van der Waals surface area contributed by atoms with E-state index >= 15 is 0 Å². The van der Waals surface area contributed by atoms with Crippen molar-refractivity contribution in [3.05, 3.63) is 59.7 Å². The van der Waals surface area contributed by atoms with Gasteiger partial charge in [0.1, 0.15) is 0 Å². The van der Waals surface area contributed by atoms with Crippen molar-refractivity contribution in [1.82, 2.24) is 0 Å². The van der Waals surface area contributed by atoms with Crippen molar-refractivity contribution < 1.29 is 4.74 Å². The summed E-state index contributed by atoms with van der Waals surface area (Å²) in [7, 11) is 1.81. The third kappa shape index (κ3) is 8.59. The predicted molar refractivity (Wildman–Crippen MR) is 158 cm³/mol. The maximum Gasteiger partial charge on any atom is 0.0479 e. The first-order chi connectivity index (χ1) is 17.7. The van der Waals surface area contributed by atoms with Gasteiger partial charge in [0.25, 0.3) is 0 Å². The number of methoxy groups -OCH3 is 1. The van der Waals surface area contributed by atoms with E-state index in [1.165, 1.54) is 80.0 Å². The molecule has 0 aromatic heterocycles. The van der Waals surface area contributed by atoms with Gasteiger partial charge >= 0.3 is 0 Å². The summed E-state index contributed by atoms with van der Waals surface area (Å²) in [6, 6.07) is 23.4. The second-order valence-electron chi connectivity index (χ2n) is 11.9. The van der Waals surface area contributed by atoms with Crippen LogP contribution in [0.4, 0.5) is 0 Å². The molecule has 2 aromatic rings. The van der Waals surface area contributed by atoms with Crippen molar-refractivity contribution in [3.8, 4) is 11.1 Å². The molecule has 1 radical (unpaired) electrons. The summed E-state index contributed by atoms with van der Waals surface area (Å²) in [5.74, 6) is 3.10. The average Bonchev–Trinajstić information content (AvgIpc) is 2.94. The van der Waals surface area contributed by atoms with Gasteiger partial charge in [0.15, 0.2) is 0 Å². The first kappa shape index (κ1) is 27.6. The van der Waals surface area contributed by atoms with Crippen LogP contribution in [0.5, 0.6) is 0 Å². The smallest absolute Gasteiger partial charge is 0.0479 e. The number of ether oxygens (including phenoxy) is 1. The van der Waals surface area contributed by atoms with Crippen LogP contribution in [0.2, 0.25) is 18.1 Å². The van der Waals surface area contributed by atoms with Crippen LogP contribution in [0.3, 0.4) is 0 Å². The van der Waals surface area contributed by atoms with Gasteiger partial charge in [-0.1, -0.05) is 119 Å². The maximum absolute atomic E-state index is 5.17. The number of rotatable bonds is 13. The number of benzene rings is 2. The Bertz CT molecular complexity index is 842. The van der Waals surface area contributed by atoms with E-state index < -0.39 is 0 Å². The van der Waals surface area contributed by atoms with Gasteiger partial charge in [0.2, 0.25) is 0 Å². The third-order valence-electron chi connectivity index (χ3n) is 9.33. The Kier molecular flexibility index (Phi) is 11.6. The van der Waals surface area contributed by atoms with E-state index in [0.717, 1.165) is 37.2 Å². The fraction of sp³-hybridized carbons (Fsp3) is 0.647. The highest BCUT2D eigenvalue weighted by Crippen LogP contribution is 2.42. The summed E-state index contributed by atoms with van der Waals surface area (Å²) in [4.78, 5) is 0. The molecule has 0 amide bonds. The Hall–Kier alpha value is -1.38. The molecule has 4 rings (SSSR count). The van der Waals surface area contributed by atoms with Crippen LogP contribution in [-0.4, -0.2) is 22.5 Å². The maximum atomic E-state index is 5.17. The molecule has 36 heavy (non-hydrogen) atoms. The molecule has 1 aliphatic carbocycles. The van der Waals surface area contributed by atoms with Gasteiger partial charge in [-0.2, -0.15) is 0 Å². The van der Waals surface area contributed by atoms with E-state index in [-0.39, 0.29) is 8.80 Å². The van der Waals surface area contributed by atoms with Crippen molar-refractivity contribution in [2.24, 2.45) is 17.8 Å². The fourth-order valence-electron chi connectivity index (χ4n) is 6.86. The minimum Gasteiger partial charge on any atom is -0.385 e. The van der Waals surface area contributed by atoms with E-state index in [0.29, 0.717) is 0 Å². The minimum absolute atomic E-state index is 0.0284. The van der Waals surface area contributed by atoms with Gasteiger partial charge in [-0.05, 0) is 78.5 Å². The molecule has 2 aliphatic rings. The zero-order valence-electron chi connectivity index (χ0n) is 23.3. The fourth-order valence-corrected chi connectivity index (χ4v) is 9.92. The number of unbranched alkanes of at least 4 members (excludes halogenated alkanes) is 2. The van der Waals surface area contributed by atoms with Crippen LogP contribution in [0.25, 0.3) is 11.1 Å². The Morgan fingerprint density at radius 3 is 1.86 bits per heavy atom. The number of aryl methyl sites for hydroxylation is 2. The van der Waals surface area contributed by atoms with E-state index in [1.807, 2.05) is 0 Å². The molecule has 1 heterocycles. The van der Waals surface area contributed by atoms with E-state index in [9.17, 15) is 0 Å². The first-order valence-corrected chi connectivity index (χ1v) is 17.4. The molecule has 0 atom stereocenters. The molecule has 197 valence electrons. The predicted octanol–water partition coefficient (Wildman–Crippen LogP) is 9.77. The number of hydrogen-bond acceptors (Lipinski definition) is 1. The Morgan fingerprint density at radius 1 is 0.694 bits per heavy atom. The van der Waals surface area contributed by atoms with Gasteiger partial charge in [0.05, 0.1) is 0 Å². The van der Waals surface area contributed by atoms with Crippen LogP contribution < -0.4 is 0 Å². The minimum atomic E-state index is 0.0284. The lowest BCUT2D eigenvalue weighted by molar-refractivity contribution is 0.186. The molecule has 2 fully saturated rings. The Morgan fingerprint density at radius 2 is 1.28 bits per heavy atom. The van der Waals surface area contributed by atoms with Crippen molar-refractivity contribution in [2.75, 3.05) is 13.7 Å². The van der Waals surface area contributed by atoms with E-state index in [4.69, 9.17) is 4.74 Å². The molecular weight excluding hydrogens is 452 g/mol. The van der Waals surface area contributed by atoms with Gasteiger partial charge in [-0.15, -0.1) is 0 Å². The monoisotopic (exact) mass is 503 g/mol. The highest BCUT2D eigenvalue weighted by molar-refractivity contribution is 6.58. The van der Waals surface area contributed by atoms with Crippen LogP contribution in [-0.2, 0) is 17.6 Å². The van der Waals surface area contributed by atoms with Gasteiger partial charge in [-0.25, -0.2) is 0 Å². The molecule has 1 saturated carbocycles. The van der Waals surface area contributed by atoms with E-state index in [2.05, 4.69) is 55.5 Å². The summed E-state index contributed by atoms with van der Waals surface area (Å²) >= 11 is 0. The highest BCUT2D eigenvalue weighted by Gasteiger charge is 2.31. The van der Waals surface area contributed by atoms with Gasteiger partial charge in [-0.3, -0.25) is 0 Å². The summed E-state index contributed by atoms with van der Waals surface area (Å²) in [6.45, 7) is 3.18. The van der Waals surface area contributed by atoms with Crippen LogP contribution in [0, 0.1) is 17.8 Å². The largest absolute Gasteiger partial charge is 0.385 e. The van der Waals surface area contributed by atoms with Crippen LogP contribution in [0.1, 0.15) is 88.7 Å². The molecule has 2 heteroatoms. The summed E-state index contributed by atoms with van der Waals surface area (Å²) in [5.41, 5.74) is 5.58. The van der Waals surface area contributed by atoms with Crippen LogP contribution in [0.15, 0.2) is 48.5 Å². The van der Waals surface area contributed by atoms with Crippen molar-refractivity contribution >= 4 is 8.80 Å². The van der Waals surface area contributed by atoms with Gasteiger partial charge in [0, 0.05) is 22.5 Å². The third-order valence-corrected chi connectivity index (χ3v) is 12.4. The molecule has 0 spiro atoms. The quantitative estimate of drug-likeness (QED) is 0.195. The summed E-state index contributed by atoms with van der Waals surface area (Å²) in [5, 5.41) is 0. The molecule has 2 aromatic carbocycles. The number of hydrogen-bond donors (Lipinski definition) is 0. The zero-order valence-corrected chi connectivity index (χ0v) is 24.3. The summed E-state index contributed by atoms with van der Waals surface area (Å²) < 4.78 is 5.17. The zero-order chi connectivity index (χ0) is 25.0. The van der Waals surface area contributed by atoms with Crippen molar-refractivity contribution in [2.45, 2.75) is 109 Å². The normalized spacial score (nSPS) is 21.6. The first-order valence-electron chi connectivity index (χ1n) is 15.3. The molecule has 0 bridgehead atoms. The SMILES string of the molecule is CCCCC[Si]1CCC(C2CCC(CCc3ccc(-c4ccc(CCCOC)cc4)cc3)CC2)CC1. The topological polar surface area (TPSA) is 9.23 Å². The van der Waals surface area contributed by atoms with E-state index in [1.54, 1.807) is 38.1 Å². The average molecular weight is 504 g/mol. The molecule has 0 unspecified atom stereocenters. The van der Waals surface area contributed by atoms with Gasteiger partial charge < -0.3 is 4.74 Å².